The highest BCUT2D eigenvalue weighted by atomic mass is 16.6. The van der Waals surface area contributed by atoms with E-state index in [1.165, 1.54) is 0 Å². The van der Waals surface area contributed by atoms with Gasteiger partial charge in [-0.3, -0.25) is 9.78 Å². The second-order valence-corrected chi connectivity index (χ2v) is 7.47. The van der Waals surface area contributed by atoms with Gasteiger partial charge in [-0.15, -0.1) is 0 Å². The average Bonchev–Trinajstić information content (AvgIpc) is 2.72. The molecule has 3 aromatic rings. The van der Waals surface area contributed by atoms with E-state index in [4.69, 9.17) is 9.47 Å². The smallest absolute Gasteiger partial charge is 0.254 e. The minimum Gasteiger partial charge on any atom is -0.486 e. The predicted octanol–water partition coefficient (Wildman–Crippen LogP) is 4.30. The Bertz CT molecular complexity index is 1000. The minimum atomic E-state index is -0.0150. The SMILES string of the molecule is CC(C)CN(Cc1cnc2ccccc2c1)C(=O)c1ccc2c(c1)OCCO2. The lowest BCUT2D eigenvalue weighted by atomic mass is 10.1. The van der Waals surface area contributed by atoms with Gasteiger partial charge < -0.3 is 14.4 Å². The van der Waals surface area contributed by atoms with Crippen LogP contribution in [-0.2, 0) is 6.54 Å². The molecule has 0 N–H and O–H groups in total. The summed E-state index contributed by atoms with van der Waals surface area (Å²) < 4.78 is 11.2. The second kappa shape index (κ2) is 7.89. The van der Waals surface area contributed by atoms with E-state index in [-0.39, 0.29) is 5.91 Å². The first kappa shape index (κ1) is 18.3. The molecule has 0 bridgehead atoms. The Labute approximate surface area is 164 Å². The number of para-hydroxylation sites is 1. The summed E-state index contributed by atoms with van der Waals surface area (Å²) in [7, 11) is 0. The number of carbonyl (C=O) groups excluding carboxylic acids is 1. The van der Waals surface area contributed by atoms with Crippen molar-refractivity contribution in [1.29, 1.82) is 0 Å². The van der Waals surface area contributed by atoms with Gasteiger partial charge in [-0.1, -0.05) is 32.0 Å². The standard InChI is InChI=1S/C23H24N2O3/c1-16(2)14-25(15-17-11-18-5-3-4-6-20(18)24-13-17)23(26)19-7-8-21-22(12-19)28-10-9-27-21/h3-8,11-13,16H,9-10,14-15H2,1-2H3. The Kier molecular flexibility index (Phi) is 5.15. The highest BCUT2D eigenvalue weighted by Gasteiger charge is 2.21. The van der Waals surface area contributed by atoms with Crippen LogP contribution in [0.1, 0.15) is 29.8 Å². The van der Waals surface area contributed by atoms with E-state index in [1.54, 1.807) is 6.07 Å². The maximum absolute atomic E-state index is 13.2. The third-order valence-electron chi connectivity index (χ3n) is 4.68. The number of aromatic nitrogens is 1. The molecule has 1 aliphatic rings. The zero-order valence-electron chi connectivity index (χ0n) is 16.2. The molecule has 1 aromatic heterocycles. The van der Waals surface area contributed by atoms with Crippen molar-refractivity contribution in [2.75, 3.05) is 19.8 Å². The lowest BCUT2D eigenvalue weighted by Gasteiger charge is -2.26. The summed E-state index contributed by atoms with van der Waals surface area (Å²) in [4.78, 5) is 19.6. The van der Waals surface area contributed by atoms with Crippen molar-refractivity contribution >= 4 is 16.8 Å². The van der Waals surface area contributed by atoms with E-state index in [0.717, 1.165) is 16.5 Å². The van der Waals surface area contributed by atoms with Crippen LogP contribution in [0.3, 0.4) is 0 Å². The Hall–Kier alpha value is -3.08. The summed E-state index contributed by atoms with van der Waals surface area (Å²) in [6, 6.07) is 15.5. The molecule has 1 amide bonds. The van der Waals surface area contributed by atoms with Gasteiger partial charge in [0.15, 0.2) is 11.5 Å². The Morgan fingerprint density at radius 3 is 2.68 bits per heavy atom. The van der Waals surface area contributed by atoms with Crippen LogP contribution in [0.5, 0.6) is 11.5 Å². The van der Waals surface area contributed by atoms with Crippen LogP contribution in [0.2, 0.25) is 0 Å². The largest absolute Gasteiger partial charge is 0.486 e. The van der Waals surface area contributed by atoms with Gasteiger partial charge in [0.2, 0.25) is 0 Å². The Morgan fingerprint density at radius 2 is 1.86 bits per heavy atom. The molecule has 28 heavy (non-hydrogen) atoms. The van der Waals surface area contributed by atoms with Crippen LogP contribution < -0.4 is 9.47 Å². The van der Waals surface area contributed by atoms with Gasteiger partial charge in [0, 0.05) is 30.2 Å². The summed E-state index contributed by atoms with van der Waals surface area (Å²) in [6.45, 7) is 6.45. The molecule has 5 nitrogen and oxygen atoms in total. The molecule has 0 aliphatic carbocycles. The van der Waals surface area contributed by atoms with Gasteiger partial charge >= 0.3 is 0 Å². The number of hydrogen-bond donors (Lipinski definition) is 0. The molecule has 0 fully saturated rings. The maximum Gasteiger partial charge on any atom is 0.254 e. The average molecular weight is 376 g/mol. The van der Waals surface area contributed by atoms with E-state index < -0.39 is 0 Å². The first-order chi connectivity index (χ1) is 13.6. The van der Waals surface area contributed by atoms with Crippen LogP contribution in [0.25, 0.3) is 10.9 Å². The predicted molar refractivity (Wildman–Crippen MR) is 109 cm³/mol. The molecule has 2 aromatic carbocycles. The van der Waals surface area contributed by atoms with E-state index in [1.807, 2.05) is 47.5 Å². The van der Waals surface area contributed by atoms with Crippen LogP contribution in [0.15, 0.2) is 54.7 Å². The first-order valence-electron chi connectivity index (χ1n) is 9.63. The topological polar surface area (TPSA) is 51.7 Å². The Balaban J connectivity index is 1.60. The van der Waals surface area contributed by atoms with E-state index in [2.05, 4.69) is 24.9 Å². The summed E-state index contributed by atoms with van der Waals surface area (Å²) in [5.74, 6) is 1.67. The molecule has 1 aliphatic heterocycles. The first-order valence-corrected chi connectivity index (χ1v) is 9.63. The normalized spacial score (nSPS) is 13.0. The molecule has 0 saturated carbocycles. The third kappa shape index (κ3) is 3.93. The molecule has 144 valence electrons. The summed E-state index contributed by atoms with van der Waals surface area (Å²) in [5, 5.41) is 1.08. The number of benzene rings is 2. The molecular weight excluding hydrogens is 352 g/mol. The van der Waals surface area contributed by atoms with Crippen LogP contribution in [0.4, 0.5) is 0 Å². The quantitative estimate of drug-likeness (QED) is 0.666. The monoisotopic (exact) mass is 376 g/mol. The second-order valence-electron chi connectivity index (χ2n) is 7.47. The lowest BCUT2D eigenvalue weighted by Crippen LogP contribution is -2.34. The Morgan fingerprint density at radius 1 is 1.07 bits per heavy atom. The van der Waals surface area contributed by atoms with Crippen molar-refractivity contribution in [1.82, 2.24) is 9.88 Å². The molecule has 0 unspecified atom stereocenters. The number of hydrogen-bond acceptors (Lipinski definition) is 4. The van der Waals surface area contributed by atoms with Gasteiger partial charge in [-0.05, 0) is 41.8 Å². The summed E-state index contributed by atoms with van der Waals surface area (Å²) in [5.41, 5.74) is 2.59. The van der Waals surface area contributed by atoms with Gasteiger partial charge in [-0.25, -0.2) is 0 Å². The molecule has 0 saturated heterocycles. The summed E-state index contributed by atoms with van der Waals surface area (Å²) >= 11 is 0. The third-order valence-corrected chi connectivity index (χ3v) is 4.68. The minimum absolute atomic E-state index is 0.0150. The summed E-state index contributed by atoms with van der Waals surface area (Å²) in [6.07, 6.45) is 1.85. The molecule has 0 spiro atoms. The molecular formula is C23H24N2O3. The van der Waals surface area contributed by atoms with Crippen molar-refractivity contribution in [3.05, 3.63) is 65.9 Å². The number of carbonyl (C=O) groups is 1. The molecule has 0 atom stereocenters. The van der Waals surface area contributed by atoms with Crippen molar-refractivity contribution in [2.45, 2.75) is 20.4 Å². The van der Waals surface area contributed by atoms with E-state index >= 15 is 0 Å². The van der Waals surface area contributed by atoms with Crippen molar-refractivity contribution in [2.24, 2.45) is 5.92 Å². The van der Waals surface area contributed by atoms with E-state index in [9.17, 15) is 4.79 Å². The molecule has 0 radical (unpaired) electrons. The highest BCUT2D eigenvalue weighted by molar-refractivity contribution is 5.95. The number of fused-ring (bicyclic) bond motifs is 2. The highest BCUT2D eigenvalue weighted by Crippen LogP contribution is 2.31. The van der Waals surface area contributed by atoms with E-state index in [0.29, 0.717) is 49.3 Å². The molecule has 5 heteroatoms. The number of ether oxygens (including phenoxy) is 2. The molecule has 4 rings (SSSR count). The number of pyridine rings is 1. The van der Waals surface area contributed by atoms with Crippen molar-refractivity contribution in [3.63, 3.8) is 0 Å². The number of nitrogens with zero attached hydrogens (tertiary/aromatic N) is 2. The van der Waals surface area contributed by atoms with Gasteiger partial charge in [0.05, 0.1) is 5.52 Å². The lowest BCUT2D eigenvalue weighted by molar-refractivity contribution is 0.0721. The zero-order chi connectivity index (χ0) is 19.5. The zero-order valence-corrected chi connectivity index (χ0v) is 16.2. The van der Waals surface area contributed by atoms with Crippen LogP contribution in [-0.4, -0.2) is 35.5 Å². The van der Waals surface area contributed by atoms with Gasteiger partial charge in [0.1, 0.15) is 13.2 Å². The maximum atomic E-state index is 13.2. The molecule has 2 heterocycles. The fourth-order valence-electron chi connectivity index (χ4n) is 3.44. The van der Waals surface area contributed by atoms with Gasteiger partial charge in [-0.2, -0.15) is 0 Å². The fraction of sp³-hybridized carbons (Fsp3) is 0.304. The van der Waals surface area contributed by atoms with Crippen LogP contribution >= 0.6 is 0 Å². The van der Waals surface area contributed by atoms with Crippen molar-refractivity contribution in [3.8, 4) is 11.5 Å². The van der Waals surface area contributed by atoms with Crippen molar-refractivity contribution < 1.29 is 14.3 Å². The number of amides is 1. The number of rotatable bonds is 5. The fourth-order valence-corrected chi connectivity index (χ4v) is 3.44. The van der Waals surface area contributed by atoms with Gasteiger partial charge in [0.25, 0.3) is 5.91 Å². The van der Waals surface area contributed by atoms with Crippen LogP contribution in [0, 0.1) is 5.92 Å².